The van der Waals surface area contributed by atoms with Crippen molar-refractivity contribution in [3.63, 3.8) is 0 Å². The Morgan fingerprint density at radius 2 is 2.06 bits per heavy atom. The molecule has 0 aliphatic rings. The Morgan fingerprint density at radius 3 is 2.72 bits per heavy atom. The van der Waals surface area contributed by atoms with E-state index in [0.717, 1.165) is 27.8 Å². The van der Waals surface area contributed by atoms with Crippen molar-refractivity contribution in [3.8, 4) is 6.07 Å². The molecule has 90 valence electrons. The van der Waals surface area contributed by atoms with Gasteiger partial charge >= 0.3 is 0 Å². The van der Waals surface area contributed by atoms with Gasteiger partial charge in [0.1, 0.15) is 0 Å². The van der Waals surface area contributed by atoms with E-state index in [0.29, 0.717) is 0 Å². The summed E-state index contributed by atoms with van der Waals surface area (Å²) in [4.78, 5) is 0. The SMILES string of the molecule is Cc1cc(NCc2cccc(Br)c2)ccc1C#N. The van der Waals surface area contributed by atoms with Gasteiger partial charge in [0.25, 0.3) is 0 Å². The van der Waals surface area contributed by atoms with Crippen molar-refractivity contribution in [2.45, 2.75) is 13.5 Å². The van der Waals surface area contributed by atoms with Crippen LogP contribution >= 0.6 is 15.9 Å². The molecule has 1 N–H and O–H groups in total. The minimum Gasteiger partial charge on any atom is -0.381 e. The number of nitrogens with zero attached hydrogens (tertiary/aromatic N) is 1. The summed E-state index contributed by atoms with van der Waals surface area (Å²) in [5, 5.41) is 12.2. The molecule has 0 unspecified atom stereocenters. The molecule has 0 aliphatic carbocycles. The first kappa shape index (κ1) is 12.7. The third-order valence-electron chi connectivity index (χ3n) is 2.73. The fourth-order valence-electron chi connectivity index (χ4n) is 1.75. The van der Waals surface area contributed by atoms with Crippen molar-refractivity contribution in [1.29, 1.82) is 5.26 Å². The predicted octanol–water partition coefficient (Wildman–Crippen LogP) is 4.24. The summed E-state index contributed by atoms with van der Waals surface area (Å²) in [5.41, 5.74) is 3.97. The molecule has 0 atom stereocenters. The Bertz CT molecular complexity index is 600. The summed E-state index contributed by atoms with van der Waals surface area (Å²) in [6, 6.07) is 16.1. The lowest BCUT2D eigenvalue weighted by Gasteiger charge is -2.08. The van der Waals surface area contributed by atoms with Gasteiger partial charge in [0, 0.05) is 16.7 Å². The van der Waals surface area contributed by atoms with E-state index in [1.807, 2.05) is 37.3 Å². The normalized spacial score (nSPS) is 9.83. The zero-order chi connectivity index (χ0) is 13.0. The quantitative estimate of drug-likeness (QED) is 0.920. The third kappa shape index (κ3) is 3.12. The fraction of sp³-hybridized carbons (Fsp3) is 0.133. The van der Waals surface area contributed by atoms with Crippen molar-refractivity contribution in [1.82, 2.24) is 0 Å². The van der Waals surface area contributed by atoms with Gasteiger partial charge in [-0.15, -0.1) is 0 Å². The van der Waals surface area contributed by atoms with Gasteiger partial charge < -0.3 is 5.32 Å². The molecule has 0 bridgehead atoms. The van der Waals surface area contributed by atoms with Crippen molar-refractivity contribution < 1.29 is 0 Å². The van der Waals surface area contributed by atoms with Crippen LogP contribution in [0.4, 0.5) is 5.69 Å². The first-order valence-electron chi connectivity index (χ1n) is 5.68. The maximum absolute atomic E-state index is 8.87. The summed E-state index contributed by atoms with van der Waals surface area (Å²) >= 11 is 3.46. The molecule has 0 radical (unpaired) electrons. The van der Waals surface area contributed by atoms with Gasteiger partial charge in [-0.05, 0) is 48.4 Å². The molecular weight excluding hydrogens is 288 g/mol. The Labute approximate surface area is 115 Å². The highest BCUT2D eigenvalue weighted by atomic mass is 79.9. The van der Waals surface area contributed by atoms with E-state index in [9.17, 15) is 0 Å². The Hall–Kier alpha value is -1.79. The van der Waals surface area contributed by atoms with E-state index in [1.165, 1.54) is 5.56 Å². The molecule has 2 aromatic carbocycles. The van der Waals surface area contributed by atoms with Crippen LogP contribution in [0.3, 0.4) is 0 Å². The van der Waals surface area contributed by atoms with Crippen molar-refractivity contribution in [3.05, 3.63) is 63.6 Å². The van der Waals surface area contributed by atoms with Gasteiger partial charge in [-0.25, -0.2) is 0 Å². The number of nitriles is 1. The van der Waals surface area contributed by atoms with Crippen LogP contribution in [0, 0.1) is 18.3 Å². The van der Waals surface area contributed by atoms with Gasteiger partial charge in [0.15, 0.2) is 0 Å². The Kier molecular flexibility index (Phi) is 4.01. The van der Waals surface area contributed by atoms with Crippen molar-refractivity contribution in [2.24, 2.45) is 0 Å². The monoisotopic (exact) mass is 300 g/mol. The Morgan fingerprint density at radius 1 is 1.22 bits per heavy atom. The second-order valence-electron chi connectivity index (χ2n) is 4.12. The highest BCUT2D eigenvalue weighted by molar-refractivity contribution is 9.10. The second-order valence-corrected chi connectivity index (χ2v) is 5.04. The molecule has 0 aromatic heterocycles. The highest BCUT2D eigenvalue weighted by Gasteiger charge is 1.99. The van der Waals surface area contributed by atoms with Crippen molar-refractivity contribution in [2.75, 3.05) is 5.32 Å². The van der Waals surface area contributed by atoms with Gasteiger partial charge in [-0.1, -0.05) is 28.1 Å². The average Bonchev–Trinajstić information content (AvgIpc) is 2.37. The standard InChI is InChI=1S/C15H13BrN2/c1-11-7-15(6-5-13(11)9-17)18-10-12-3-2-4-14(16)8-12/h2-8,18H,10H2,1H3. The molecular formula is C15H13BrN2. The molecule has 0 fully saturated rings. The molecule has 18 heavy (non-hydrogen) atoms. The summed E-state index contributed by atoms with van der Waals surface area (Å²) in [6.45, 7) is 2.72. The summed E-state index contributed by atoms with van der Waals surface area (Å²) in [6.07, 6.45) is 0. The molecule has 2 aromatic rings. The highest BCUT2D eigenvalue weighted by Crippen LogP contribution is 2.16. The summed E-state index contributed by atoms with van der Waals surface area (Å²) in [5.74, 6) is 0. The van der Waals surface area contributed by atoms with E-state index in [1.54, 1.807) is 0 Å². The molecule has 2 nitrogen and oxygen atoms in total. The molecule has 0 amide bonds. The van der Waals surface area contributed by atoms with Crippen molar-refractivity contribution >= 4 is 21.6 Å². The van der Waals surface area contributed by atoms with Crippen LogP contribution in [0.15, 0.2) is 46.9 Å². The van der Waals surface area contributed by atoms with E-state index >= 15 is 0 Å². The zero-order valence-electron chi connectivity index (χ0n) is 10.1. The van der Waals surface area contributed by atoms with Crippen LogP contribution in [0.1, 0.15) is 16.7 Å². The molecule has 2 rings (SSSR count). The molecule has 3 heteroatoms. The molecule has 0 heterocycles. The number of hydrogen-bond donors (Lipinski definition) is 1. The van der Waals surface area contributed by atoms with Crippen LogP contribution in [0.5, 0.6) is 0 Å². The average molecular weight is 301 g/mol. The van der Waals surface area contributed by atoms with E-state index < -0.39 is 0 Å². The topological polar surface area (TPSA) is 35.8 Å². The number of hydrogen-bond acceptors (Lipinski definition) is 2. The minimum absolute atomic E-state index is 0.725. The number of aryl methyl sites for hydroxylation is 1. The predicted molar refractivity (Wildman–Crippen MR) is 77.4 cm³/mol. The number of nitrogens with one attached hydrogen (secondary N) is 1. The lowest BCUT2D eigenvalue weighted by atomic mass is 10.1. The van der Waals surface area contributed by atoms with Crippen LogP contribution in [0.25, 0.3) is 0 Å². The smallest absolute Gasteiger partial charge is 0.0994 e. The van der Waals surface area contributed by atoms with Crippen LogP contribution < -0.4 is 5.32 Å². The Balaban J connectivity index is 2.07. The number of anilines is 1. The van der Waals surface area contributed by atoms with Crippen LogP contribution in [-0.2, 0) is 6.54 Å². The minimum atomic E-state index is 0.725. The zero-order valence-corrected chi connectivity index (χ0v) is 11.7. The first-order chi connectivity index (χ1) is 8.69. The number of halogens is 1. The maximum Gasteiger partial charge on any atom is 0.0994 e. The van der Waals surface area contributed by atoms with Gasteiger partial charge in [0.2, 0.25) is 0 Å². The number of benzene rings is 2. The van der Waals surface area contributed by atoms with E-state index in [4.69, 9.17) is 5.26 Å². The first-order valence-corrected chi connectivity index (χ1v) is 6.47. The van der Waals surface area contributed by atoms with E-state index in [2.05, 4.69) is 39.4 Å². The molecule has 0 saturated heterocycles. The summed E-state index contributed by atoms with van der Waals surface area (Å²) in [7, 11) is 0. The largest absolute Gasteiger partial charge is 0.381 e. The van der Waals surface area contributed by atoms with Gasteiger partial charge in [0.05, 0.1) is 11.6 Å². The van der Waals surface area contributed by atoms with Gasteiger partial charge in [-0.3, -0.25) is 0 Å². The maximum atomic E-state index is 8.87. The van der Waals surface area contributed by atoms with E-state index in [-0.39, 0.29) is 0 Å². The fourth-order valence-corrected chi connectivity index (χ4v) is 2.20. The lowest BCUT2D eigenvalue weighted by Crippen LogP contribution is -1.99. The van der Waals surface area contributed by atoms with Crippen LogP contribution in [0.2, 0.25) is 0 Å². The lowest BCUT2D eigenvalue weighted by molar-refractivity contribution is 1.14. The molecule has 0 saturated carbocycles. The molecule has 0 spiro atoms. The van der Waals surface area contributed by atoms with Gasteiger partial charge in [-0.2, -0.15) is 5.26 Å². The molecule has 0 aliphatic heterocycles. The number of rotatable bonds is 3. The van der Waals surface area contributed by atoms with Crippen LogP contribution in [-0.4, -0.2) is 0 Å². The third-order valence-corrected chi connectivity index (χ3v) is 3.23. The summed E-state index contributed by atoms with van der Waals surface area (Å²) < 4.78 is 1.08. The second kappa shape index (κ2) is 5.70.